The molecule has 1 aliphatic heterocycles. The molecular weight excluding hydrogens is 375 g/mol. The molecule has 1 unspecified atom stereocenters. The summed E-state index contributed by atoms with van der Waals surface area (Å²) in [6.45, 7) is 1.30. The van der Waals surface area contributed by atoms with Crippen molar-refractivity contribution in [1.29, 1.82) is 0 Å². The van der Waals surface area contributed by atoms with E-state index in [9.17, 15) is 9.18 Å². The highest BCUT2D eigenvalue weighted by Crippen LogP contribution is 2.34. The molecule has 1 aliphatic rings. The van der Waals surface area contributed by atoms with Crippen LogP contribution in [0.5, 0.6) is 0 Å². The standard InChI is InChI=1S/C26H21FN2O/c27-23-9-4-8-22(18-23)25-24-10-5-15-28(24)16-17-29(25)26(30)21-13-11-20(12-14-21)19-6-2-1-3-7-19/h1-15,18,25H,16-17H2. The van der Waals surface area contributed by atoms with E-state index in [1.165, 1.54) is 12.1 Å². The number of hydrogen-bond donors (Lipinski definition) is 0. The maximum absolute atomic E-state index is 14.0. The van der Waals surface area contributed by atoms with Crippen LogP contribution in [0.25, 0.3) is 11.1 Å². The molecule has 0 spiro atoms. The van der Waals surface area contributed by atoms with Crippen molar-refractivity contribution >= 4 is 5.91 Å². The molecule has 0 aliphatic carbocycles. The smallest absolute Gasteiger partial charge is 0.254 e. The monoisotopic (exact) mass is 396 g/mol. The summed E-state index contributed by atoms with van der Waals surface area (Å²) < 4.78 is 16.1. The van der Waals surface area contributed by atoms with Crippen molar-refractivity contribution in [1.82, 2.24) is 9.47 Å². The lowest BCUT2D eigenvalue weighted by molar-refractivity contribution is 0.0664. The van der Waals surface area contributed by atoms with Gasteiger partial charge in [-0.25, -0.2) is 4.39 Å². The van der Waals surface area contributed by atoms with Gasteiger partial charge in [0, 0.05) is 30.5 Å². The van der Waals surface area contributed by atoms with Crippen LogP contribution >= 0.6 is 0 Å². The quantitative estimate of drug-likeness (QED) is 0.446. The first kappa shape index (κ1) is 18.4. The number of benzene rings is 3. The predicted molar refractivity (Wildman–Crippen MR) is 116 cm³/mol. The maximum atomic E-state index is 14.0. The Hall–Kier alpha value is -3.66. The summed E-state index contributed by atoms with van der Waals surface area (Å²) >= 11 is 0. The van der Waals surface area contributed by atoms with Crippen LogP contribution in [0.2, 0.25) is 0 Å². The van der Waals surface area contributed by atoms with E-state index in [4.69, 9.17) is 0 Å². The molecule has 2 heterocycles. The fraction of sp³-hybridized carbons (Fsp3) is 0.115. The van der Waals surface area contributed by atoms with Gasteiger partial charge in [-0.1, -0.05) is 54.6 Å². The number of amides is 1. The Morgan fingerprint density at radius 1 is 0.800 bits per heavy atom. The Labute approximate surface area is 175 Å². The number of carbonyl (C=O) groups excluding carboxylic acids is 1. The first-order chi connectivity index (χ1) is 14.7. The zero-order valence-electron chi connectivity index (χ0n) is 16.4. The normalized spacial score (nSPS) is 15.6. The molecule has 0 N–H and O–H groups in total. The van der Waals surface area contributed by atoms with E-state index in [-0.39, 0.29) is 17.8 Å². The first-order valence-corrected chi connectivity index (χ1v) is 10.1. The SMILES string of the molecule is O=C(c1ccc(-c2ccccc2)cc1)N1CCn2cccc2C1c1cccc(F)c1. The molecule has 0 saturated carbocycles. The molecule has 0 fully saturated rings. The summed E-state index contributed by atoms with van der Waals surface area (Å²) in [5.41, 5.74) is 4.60. The van der Waals surface area contributed by atoms with Gasteiger partial charge in [-0.3, -0.25) is 4.79 Å². The molecule has 148 valence electrons. The fourth-order valence-electron chi connectivity index (χ4n) is 4.23. The van der Waals surface area contributed by atoms with Crippen LogP contribution in [0.1, 0.15) is 27.7 Å². The highest BCUT2D eigenvalue weighted by Gasteiger charge is 2.32. The third kappa shape index (κ3) is 3.30. The summed E-state index contributed by atoms with van der Waals surface area (Å²) in [4.78, 5) is 15.3. The minimum Gasteiger partial charge on any atom is -0.348 e. The molecule has 1 amide bonds. The summed E-state index contributed by atoms with van der Waals surface area (Å²) in [6.07, 6.45) is 2.01. The van der Waals surface area contributed by atoms with Crippen molar-refractivity contribution in [2.24, 2.45) is 0 Å². The van der Waals surface area contributed by atoms with Crippen molar-refractivity contribution in [3.63, 3.8) is 0 Å². The van der Waals surface area contributed by atoms with Crippen molar-refractivity contribution in [3.05, 3.63) is 120 Å². The van der Waals surface area contributed by atoms with E-state index in [1.807, 2.05) is 71.8 Å². The Kier molecular flexibility index (Phi) is 4.68. The second-order valence-electron chi connectivity index (χ2n) is 7.53. The second kappa shape index (κ2) is 7.64. The topological polar surface area (TPSA) is 25.2 Å². The summed E-state index contributed by atoms with van der Waals surface area (Å²) in [7, 11) is 0. The van der Waals surface area contributed by atoms with Crippen LogP contribution in [-0.4, -0.2) is 21.9 Å². The van der Waals surface area contributed by atoms with Gasteiger partial charge < -0.3 is 9.47 Å². The summed E-state index contributed by atoms with van der Waals surface area (Å²) in [5.74, 6) is -0.341. The number of hydrogen-bond acceptors (Lipinski definition) is 1. The van der Waals surface area contributed by atoms with E-state index in [2.05, 4.69) is 16.7 Å². The first-order valence-electron chi connectivity index (χ1n) is 10.1. The fourth-order valence-corrected chi connectivity index (χ4v) is 4.23. The molecule has 1 atom stereocenters. The highest BCUT2D eigenvalue weighted by atomic mass is 19.1. The minimum atomic E-state index is -0.314. The number of nitrogens with zero attached hydrogens (tertiary/aromatic N) is 2. The van der Waals surface area contributed by atoms with Gasteiger partial charge >= 0.3 is 0 Å². The largest absolute Gasteiger partial charge is 0.348 e. The summed E-state index contributed by atoms with van der Waals surface area (Å²) in [6, 6.07) is 28.0. The Morgan fingerprint density at radius 3 is 2.33 bits per heavy atom. The van der Waals surface area contributed by atoms with Crippen LogP contribution in [0.15, 0.2) is 97.2 Å². The van der Waals surface area contributed by atoms with Crippen molar-refractivity contribution in [2.45, 2.75) is 12.6 Å². The van der Waals surface area contributed by atoms with Gasteiger partial charge in [0.25, 0.3) is 5.91 Å². The second-order valence-corrected chi connectivity index (χ2v) is 7.53. The average molecular weight is 396 g/mol. The van der Waals surface area contributed by atoms with Crippen LogP contribution in [0, 0.1) is 5.82 Å². The number of fused-ring (bicyclic) bond motifs is 1. The molecule has 4 heteroatoms. The van der Waals surface area contributed by atoms with Crippen molar-refractivity contribution in [2.75, 3.05) is 6.54 Å². The zero-order chi connectivity index (χ0) is 20.5. The van der Waals surface area contributed by atoms with Crippen molar-refractivity contribution in [3.8, 4) is 11.1 Å². The van der Waals surface area contributed by atoms with Gasteiger partial charge in [0.05, 0.1) is 6.04 Å². The number of aromatic nitrogens is 1. The van der Waals surface area contributed by atoms with Crippen molar-refractivity contribution < 1.29 is 9.18 Å². The molecule has 1 aromatic heterocycles. The minimum absolute atomic E-state index is 0.0451. The third-order valence-corrected chi connectivity index (χ3v) is 5.70. The Bertz CT molecular complexity index is 1180. The molecule has 3 nitrogen and oxygen atoms in total. The molecule has 0 radical (unpaired) electrons. The van der Waals surface area contributed by atoms with Crippen LogP contribution in [0.3, 0.4) is 0 Å². The van der Waals surface area contributed by atoms with Crippen LogP contribution < -0.4 is 0 Å². The molecule has 5 rings (SSSR count). The van der Waals surface area contributed by atoms with E-state index in [1.54, 1.807) is 6.07 Å². The Morgan fingerprint density at radius 2 is 1.57 bits per heavy atom. The summed E-state index contributed by atoms with van der Waals surface area (Å²) in [5, 5.41) is 0. The van der Waals surface area contributed by atoms with Gasteiger partial charge in [-0.05, 0) is 53.1 Å². The lowest BCUT2D eigenvalue weighted by Gasteiger charge is -2.37. The number of halogens is 1. The number of carbonyl (C=O) groups is 1. The molecule has 30 heavy (non-hydrogen) atoms. The van der Waals surface area contributed by atoms with E-state index in [0.717, 1.165) is 28.9 Å². The van der Waals surface area contributed by atoms with Gasteiger partial charge in [-0.2, -0.15) is 0 Å². The van der Waals surface area contributed by atoms with E-state index in [0.29, 0.717) is 12.1 Å². The Balaban J connectivity index is 1.49. The third-order valence-electron chi connectivity index (χ3n) is 5.70. The zero-order valence-corrected chi connectivity index (χ0v) is 16.4. The number of rotatable bonds is 3. The van der Waals surface area contributed by atoms with Gasteiger partial charge in [0.2, 0.25) is 0 Å². The lowest BCUT2D eigenvalue weighted by atomic mass is 9.98. The lowest BCUT2D eigenvalue weighted by Crippen LogP contribution is -2.42. The molecule has 4 aromatic rings. The molecule has 3 aromatic carbocycles. The predicted octanol–water partition coefficient (Wildman–Crippen LogP) is 5.54. The average Bonchev–Trinajstić information content (AvgIpc) is 3.27. The van der Waals surface area contributed by atoms with E-state index < -0.39 is 0 Å². The molecule has 0 bridgehead atoms. The van der Waals surface area contributed by atoms with Crippen LogP contribution in [-0.2, 0) is 6.54 Å². The van der Waals surface area contributed by atoms with Gasteiger partial charge in [0.15, 0.2) is 0 Å². The maximum Gasteiger partial charge on any atom is 0.254 e. The van der Waals surface area contributed by atoms with Crippen LogP contribution in [0.4, 0.5) is 4.39 Å². The van der Waals surface area contributed by atoms with Gasteiger partial charge in [-0.15, -0.1) is 0 Å². The highest BCUT2D eigenvalue weighted by molar-refractivity contribution is 5.95. The molecular formula is C26H21FN2O. The van der Waals surface area contributed by atoms with E-state index >= 15 is 0 Å². The molecule has 0 saturated heterocycles. The van der Waals surface area contributed by atoms with Gasteiger partial charge in [0.1, 0.15) is 5.82 Å².